The number of nitrogens with zero attached hydrogens (tertiary/aromatic N) is 1. The topological polar surface area (TPSA) is 49.4 Å². The van der Waals surface area contributed by atoms with Gasteiger partial charge in [-0.1, -0.05) is 79.0 Å². The van der Waals surface area contributed by atoms with Crippen molar-refractivity contribution in [3.05, 3.63) is 82.9 Å². The van der Waals surface area contributed by atoms with Crippen LogP contribution in [0.25, 0.3) is 10.8 Å². The minimum absolute atomic E-state index is 0.0213. The number of halogens is 1. The molecular weight excluding hydrogens is 432 g/mol. The molecule has 1 saturated carbocycles. The third-order valence-electron chi connectivity index (χ3n) is 6.62. The number of benzene rings is 3. The molecule has 1 aliphatic rings. The van der Waals surface area contributed by atoms with Crippen molar-refractivity contribution >= 4 is 34.2 Å². The van der Waals surface area contributed by atoms with Crippen LogP contribution in [-0.2, 0) is 22.6 Å². The van der Waals surface area contributed by atoms with Crippen LogP contribution in [0.2, 0.25) is 5.02 Å². The maximum absolute atomic E-state index is 13.4. The van der Waals surface area contributed by atoms with Gasteiger partial charge < -0.3 is 10.2 Å². The lowest BCUT2D eigenvalue weighted by Crippen LogP contribution is -2.49. The van der Waals surface area contributed by atoms with E-state index in [1.165, 1.54) is 10.8 Å². The average Bonchev–Trinajstić information content (AvgIpc) is 3.34. The SMILES string of the molecule is C[C@H](C(=O)NC1CCCC1)N(Cc1ccc(Cl)cc1)C(=O)CCc1cccc2ccccc12. The van der Waals surface area contributed by atoms with E-state index in [4.69, 9.17) is 11.6 Å². The molecule has 0 spiro atoms. The van der Waals surface area contributed by atoms with Gasteiger partial charge in [-0.25, -0.2) is 0 Å². The van der Waals surface area contributed by atoms with Crippen molar-refractivity contribution in [3.8, 4) is 0 Å². The molecule has 4 nitrogen and oxygen atoms in total. The summed E-state index contributed by atoms with van der Waals surface area (Å²) in [4.78, 5) is 28.1. The minimum atomic E-state index is -0.540. The predicted octanol–water partition coefficient (Wildman–Crippen LogP) is 5.90. The molecule has 4 rings (SSSR count). The number of hydrogen-bond donors (Lipinski definition) is 1. The molecule has 1 N–H and O–H groups in total. The van der Waals surface area contributed by atoms with E-state index in [0.717, 1.165) is 36.8 Å². The third-order valence-corrected chi connectivity index (χ3v) is 6.88. The fourth-order valence-electron chi connectivity index (χ4n) is 4.66. The van der Waals surface area contributed by atoms with Gasteiger partial charge in [0.1, 0.15) is 6.04 Å². The van der Waals surface area contributed by atoms with Gasteiger partial charge in [-0.3, -0.25) is 9.59 Å². The summed E-state index contributed by atoms with van der Waals surface area (Å²) in [5.74, 6) is -0.0960. The van der Waals surface area contributed by atoms with E-state index in [-0.39, 0.29) is 17.9 Å². The van der Waals surface area contributed by atoms with Crippen molar-refractivity contribution in [2.24, 2.45) is 0 Å². The normalized spacial score (nSPS) is 14.8. The number of fused-ring (bicyclic) bond motifs is 1. The molecule has 1 aliphatic carbocycles. The summed E-state index contributed by atoms with van der Waals surface area (Å²) in [5.41, 5.74) is 2.11. The second-order valence-corrected chi connectivity index (χ2v) is 9.39. The molecule has 0 aliphatic heterocycles. The van der Waals surface area contributed by atoms with Gasteiger partial charge in [-0.2, -0.15) is 0 Å². The lowest BCUT2D eigenvalue weighted by molar-refractivity contribution is -0.140. The highest BCUT2D eigenvalue weighted by molar-refractivity contribution is 6.30. The molecule has 5 heteroatoms. The summed E-state index contributed by atoms with van der Waals surface area (Å²) in [6.07, 6.45) is 5.32. The molecule has 172 valence electrons. The standard InChI is InChI=1S/C28H31ClN2O2/c1-20(28(33)30-25-10-3-4-11-25)31(19-21-13-16-24(29)17-14-21)27(32)18-15-23-9-6-8-22-7-2-5-12-26(22)23/h2,5-9,12-14,16-17,20,25H,3-4,10-11,15,18-19H2,1H3,(H,30,33)/t20-/m1/s1. The van der Waals surface area contributed by atoms with Crippen LogP contribution in [0, 0.1) is 0 Å². The van der Waals surface area contributed by atoms with Gasteiger partial charge in [-0.05, 0) is 60.2 Å². The van der Waals surface area contributed by atoms with Crippen LogP contribution in [0.3, 0.4) is 0 Å². The first-order valence-corrected chi connectivity index (χ1v) is 12.2. The van der Waals surface area contributed by atoms with Crippen LogP contribution in [0.1, 0.15) is 50.2 Å². The fraction of sp³-hybridized carbons (Fsp3) is 0.357. The molecule has 2 amide bonds. The lowest BCUT2D eigenvalue weighted by atomic mass is 10.0. The van der Waals surface area contributed by atoms with E-state index in [0.29, 0.717) is 24.4 Å². The summed E-state index contributed by atoms with van der Waals surface area (Å²) in [6, 6.07) is 21.6. The Kier molecular flexibility index (Phi) is 7.66. The average molecular weight is 463 g/mol. The molecule has 0 saturated heterocycles. The van der Waals surface area contributed by atoms with Crippen molar-refractivity contribution < 1.29 is 9.59 Å². The van der Waals surface area contributed by atoms with Crippen molar-refractivity contribution in [2.75, 3.05) is 0 Å². The van der Waals surface area contributed by atoms with Gasteiger partial charge >= 0.3 is 0 Å². The molecule has 0 bridgehead atoms. The Labute approximate surface area is 200 Å². The lowest BCUT2D eigenvalue weighted by Gasteiger charge is -2.30. The van der Waals surface area contributed by atoms with Crippen LogP contribution < -0.4 is 5.32 Å². The number of nitrogens with one attached hydrogen (secondary N) is 1. The van der Waals surface area contributed by atoms with Gasteiger partial charge in [0.2, 0.25) is 11.8 Å². The van der Waals surface area contributed by atoms with Crippen LogP contribution in [0.5, 0.6) is 0 Å². The molecule has 1 fully saturated rings. The van der Waals surface area contributed by atoms with E-state index >= 15 is 0 Å². The van der Waals surface area contributed by atoms with Crippen molar-refractivity contribution in [1.82, 2.24) is 10.2 Å². The Morgan fingerprint density at radius 2 is 1.70 bits per heavy atom. The van der Waals surface area contributed by atoms with Gasteiger partial charge in [0.25, 0.3) is 0 Å². The Morgan fingerprint density at radius 1 is 1.00 bits per heavy atom. The maximum Gasteiger partial charge on any atom is 0.242 e. The van der Waals surface area contributed by atoms with Gasteiger partial charge in [-0.15, -0.1) is 0 Å². The van der Waals surface area contributed by atoms with Crippen LogP contribution in [0.15, 0.2) is 66.7 Å². The number of aryl methyl sites for hydroxylation is 1. The van der Waals surface area contributed by atoms with Crippen molar-refractivity contribution in [1.29, 1.82) is 0 Å². The Morgan fingerprint density at radius 3 is 2.45 bits per heavy atom. The first kappa shape index (κ1) is 23.3. The molecule has 0 heterocycles. The summed E-state index contributed by atoms with van der Waals surface area (Å²) in [7, 11) is 0. The number of amides is 2. The highest BCUT2D eigenvalue weighted by Gasteiger charge is 2.28. The number of carbonyl (C=O) groups is 2. The fourth-order valence-corrected chi connectivity index (χ4v) is 4.78. The van der Waals surface area contributed by atoms with E-state index in [1.807, 2.05) is 49.4 Å². The second-order valence-electron chi connectivity index (χ2n) is 8.95. The van der Waals surface area contributed by atoms with Crippen LogP contribution >= 0.6 is 11.6 Å². The summed E-state index contributed by atoms with van der Waals surface area (Å²) < 4.78 is 0. The molecule has 1 atom stereocenters. The highest BCUT2D eigenvalue weighted by atomic mass is 35.5. The van der Waals surface area contributed by atoms with Crippen molar-refractivity contribution in [2.45, 2.75) is 64.1 Å². The Hall–Kier alpha value is -2.85. The number of carbonyl (C=O) groups excluding carboxylic acids is 2. The smallest absolute Gasteiger partial charge is 0.242 e. The minimum Gasteiger partial charge on any atom is -0.352 e. The summed E-state index contributed by atoms with van der Waals surface area (Å²) in [5, 5.41) is 6.15. The van der Waals surface area contributed by atoms with Gasteiger partial charge in [0, 0.05) is 24.0 Å². The summed E-state index contributed by atoms with van der Waals surface area (Å²) >= 11 is 6.04. The first-order chi connectivity index (χ1) is 16.0. The highest BCUT2D eigenvalue weighted by Crippen LogP contribution is 2.22. The van der Waals surface area contributed by atoms with E-state index in [9.17, 15) is 9.59 Å². The summed E-state index contributed by atoms with van der Waals surface area (Å²) in [6.45, 7) is 2.21. The predicted molar refractivity (Wildman–Crippen MR) is 134 cm³/mol. The Bertz CT molecular complexity index is 1100. The molecule has 0 radical (unpaired) electrons. The number of hydrogen-bond acceptors (Lipinski definition) is 2. The molecule has 0 unspecified atom stereocenters. The molecular formula is C28H31ClN2O2. The van der Waals surface area contributed by atoms with E-state index in [2.05, 4.69) is 29.6 Å². The monoisotopic (exact) mass is 462 g/mol. The van der Waals surface area contributed by atoms with E-state index in [1.54, 1.807) is 4.90 Å². The zero-order valence-electron chi connectivity index (χ0n) is 19.1. The zero-order chi connectivity index (χ0) is 23.2. The molecule has 0 aromatic heterocycles. The second kappa shape index (κ2) is 10.8. The van der Waals surface area contributed by atoms with E-state index < -0.39 is 6.04 Å². The Balaban J connectivity index is 1.50. The largest absolute Gasteiger partial charge is 0.352 e. The molecule has 3 aromatic rings. The number of rotatable bonds is 8. The van der Waals surface area contributed by atoms with Crippen molar-refractivity contribution in [3.63, 3.8) is 0 Å². The third kappa shape index (κ3) is 5.94. The molecule has 33 heavy (non-hydrogen) atoms. The quantitative estimate of drug-likeness (QED) is 0.453. The van der Waals surface area contributed by atoms with Gasteiger partial charge in [0.05, 0.1) is 0 Å². The maximum atomic E-state index is 13.4. The first-order valence-electron chi connectivity index (χ1n) is 11.8. The van der Waals surface area contributed by atoms with Gasteiger partial charge in [0.15, 0.2) is 0 Å². The zero-order valence-corrected chi connectivity index (χ0v) is 19.9. The van der Waals surface area contributed by atoms with Crippen LogP contribution in [0.4, 0.5) is 0 Å². The van der Waals surface area contributed by atoms with Crippen LogP contribution in [-0.4, -0.2) is 28.8 Å². The molecule has 3 aromatic carbocycles.